The monoisotopic (exact) mass is 232 g/mol. The Kier molecular flexibility index (Phi) is 2.86. The summed E-state index contributed by atoms with van der Waals surface area (Å²) in [6, 6.07) is 0. The lowest BCUT2D eigenvalue weighted by atomic mass is 9.93. The van der Waals surface area contributed by atoms with Crippen LogP contribution in [0.1, 0.15) is 19.3 Å². The van der Waals surface area contributed by atoms with Gasteiger partial charge in [0.1, 0.15) is 5.92 Å². The van der Waals surface area contributed by atoms with Crippen LogP contribution in [0.3, 0.4) is 0 Å². The molecule has 1 fully saturated rings. The molecule has 1 aliphatic heterocycles. The highest BCUT2D eigenvalue weighted by atomic mass is 19.4. The molecule has 0 aromatic carbocycles. The molecule has 1 saturated heterocycles. The Morgan fingerprint density at radius 3 is 2.38 bits per heavy atom. The summed E-state index contributed by atoms with van der Waals surface area (Å²) in [5, 5.41) is 0. The lowest BCUT2D eigenvalue weighted by Crippen LogP contribution is -2.35. The first-order valence-corrected chi connectivity index (χ1v) is 5.46. The molecule has 0 bridgehead atoms. The highest BCUT2D eigenvalue weighted by molar-refractivity contribution is 5.26. The third-order valence-corrected chi connectivity index (χ3v) is 3.13. The molecule has 1 heterocycles. The van der Waals surface area contributed by atoms with Crippen LogP contribution in [-0.4, -0.2) is 24.2 Å². The summed E-state index contributed by atoms with van der Waals surface area (Å²) >= 11 is 0. The Bertz CT molecular complexity index is 325. The minimum absolute atomic E-state index is 0.105. The van der Waals surface area contributed by atoms with Crippen LogP contribution in [0.25, 0.3) is 0 Å². The van der Waals surface area contributed by atoms with Crippen molar-refractivity contribution >= 4 is 0 Å². The van der Waals surface area contributed by atoms with Crippen LogP contribution in [0.2, 0.25) is 0 Å². The molecule has 90 valence electrons. The Balaban J connectivity index is 2.23. The number of halogens is 3. The summed E-state index contributed by atoms with van der Waals surface area (Å²) < 4.78 is 38.6. The van der Waals surface area contributed by atoms with Gasteiger partial charge < -0.3 is 10.6 Å². The van der Waals surface area contributed by atoms with Gasteiger partial charge in [-0.1, -0.05) is 0 Å². The Hall–Kier alpha value is -1.13. The second-order valence-corrected chi connectivity index (χ2v) is 4.33. The van der Waals surface area contributed by atoms with Gasteiger partial charge in [0.25, 0.3) is 0 Å². The summed E-state index contributed by atoms with van der Waals surface area (Å²) in [5.41, 5.74) is 6.18. The number of allylic oxidation sites excluding steroid dienone is 4. The van der Waals surface area contributed by atoms with Gasteiger partial charge in [0.05, 0.1) is 0 Å². The number of nitrogens with zero attached hydrogens (tertiary/aromatic N) is 1. The van der Waals surface area contributed by atoms with E-state index in [1.807, 2.05) is 4.90 Å². The van der Waals surface area contributed by atoms with Gasteiger partial charge in [-0.3, -0.25) is 0 Å². The molecule has 0 aromatic heterocycles. The lowest BCUT2D eigenvalue weighted by molar-refractivity contribution is -0.168. The van der Waals surface area contributed by atoms with E-state index in [4.69, 9.17) is 5.73 Å². The average Bonchev–Trinajstić information content (AvgIpc) is 2.69. The van der Waals surface area contributed by atoms with Gasteiger partial charge in [0, 0.05) is 30.9 Å². The minimum atomic E-state index is -4.20. The molecule has 1 atom stereocenters. The van der Waals surface area contributed by atoms with E-state index < -0.39 is 12.1 Å². The van der Waals surface area contributed by atoms with Crippen molar-refractivity contribution in [2.75, 3.05) is 13.1 Å². The van der Waals surface area contributed by atoms with Gasteiger partial charge in [-0.2, -0.15) is 13.2 Å². The third-order valence-electron chi connectivity index (χ3n) is 3.13. The summed E-state index contributed by atoms with van der Waals surface area (Å²) in [4.78, 5) is 1.83. The molecule has 16 heavy (non-hydrogen) atoms. The summed E-state index contributed by atoms with van der Waals surface area (Å²) in [6.45, 7) is 1.46. The molecule has 0 radical (unpaired) electrons. The van der Waals surface area contributed by atoms with Crippen molar-refractivity contribution in [1.29, 1.82) is 0 Å². The number of hydrogen-bond donors (Lipinski definition) is 1. The highest BCUT2D eigenvalue weighted by Crippen LogP contribution is 2.40. The fourth-order valence-electron chi connectivity index (χ4n) is 2.30. The van der Waals surface area contributed by atoms with Gasteiger partial charge in [-0.25, -0.2) is 0 Å². The largest absolute Gasteiger partial charge is 0.402 e. The van der Waals surface area contributed by atoms with Crippen molar-refractivity contribution < 1.29 is 13.2 Å². The van der Waals surface area contributed by atoms with E-state index in [1.165, 1.54) is 6.08 Å². The predicted molar refractivity (Wildman–Crippen MR) is 55.3 cm³/mol. The fraction of sp³-hybridized carbons (Fsp3) is 0.636. The third kappa shape index (κ3) is 2.18. The van der Waals surface area contributed by atoms with Crippen LogP contribution in [-0.2, 0) is 0 Å². The maximum absolute atomic E-state index is 12.9. The van der Waals surface area contributed by atoms with E-state index in [1.54, 1.807) is 6.08 Å². The van der Waals surface area contributed by atoms with Crippen LogP contribution in [0.5, 0.6) is 0 Å². The topological polar surface area (TPSA) is 29.3 Å². The molecule has 2 aliphatic rings. The number of nitrogens with two attached hydrogens (primary N) is 1. The molecular weight excluding hydrogens is 217 g/mol. The Labute approximate surface area is 92.6 Å². The first-order valence-electron chi connectivity index (χ1n) is 5.46. The number of hydrogen-bond acceptors (Lipinski definition) is 2. The standard InChI is InChI=1S/C11H15F3N2/c12-11(13,14)9-7-8(15)3-4-10(9)16-5-1-2-6-16/h3-4,9H,1-2,5-7,15H2. The fourth-order valence-corrected chi connectivity index (χ4v) is 2.30. The smallest absolute Gasteiger partial charge is 0.397 e. The van der Waals surface area contributed by atoms with E-state index in [0.717, 1.165) is 25.9 Å². The molecule has 0 aromatic rings. The lowest BCUT2D eigenvalue weighted by Gasteiger charge is -2.32. The van der Waals surface area contributed by atoms with Gasteiger partial charge in [0.2, 0.25) is 0 Å². The number of rotatable bonds is 1. The van der Waals surface area contributed by atoms with Crippen LogP contribution < -0.4 is 5.73 Å². The SMILES string of the molecule is NC1=CC=C(N2CCCC2)C(C(F)(F)F)C1. The van der Waals surface area contributed by atoms with Gasteiger partial charge in [-0.05, 0) is 25.0 Å². The van der Waals surface area contributed by atoms with Crippen LogP contribution >= 0.6 is 0 Å². The first kappa shape index (κ1) is 11.4. The maximum Gasteiger partial charge on any atom is 0.397 e. The molecule has 5 heteroatoms. The normalized spacial score (nSPS) is 26.7. The van der Waals surface area contributed by atoms with E-state index >= 15 is 0 Å². The number of likely N-dealkylation sites (tertiary alicyclic amines) is 1. The maximum atomic E-state index is 12.9. The Morgan fingerprint density at radius 2 is 1.81 bits per heavy atom. The second kappa shape index (κ2) is 4.03. The van der Waals surface area contributed by atoms with Gasteiger partial charge in [-0.15, -0.1) is 0 Å². The van der Waals surface area contributed by atoms with E-state index in [-0.39, 0.29) is 6.42 Å². The van der Waals surface area contributed by atoms with E-state index in [2.05, 4.69) is 0 Å². The van der Waals surface area contributed by atoms with Crippen molar-refractivity contribution in [3.8, 4) is 0 Å². The van der Waals surface area contributed by atoms with E-state index in [0.29, 0.717) is 11.4 Å². The van der Waals surface area contributed by atoms with Crippen LogP contribution in [0.4, 0.5) is 13.2 Å². The summed E-state index contributed by atoms with van der Waals surface area (Å²) in [7, 11) is 0. The molecular formula is C11H15F3N2. The number of alkyl halides is 3. The van der Waals surface area contributed by atoms with Crippen molar-refractivity contribution in [3.63, 3.8) is 0 Å². The second-order valence-electron chi connectivity index (χ2n) is 4.33. The summed E-state index contributed by atoms with van der Waals surface area (Å²) in [6.07, 6.45) is 0.763. The van der Waals surface area contributed by atoms with Crippen LogP contribution in [0, 0.1) is 5.92 Å². The van der Waals surface area contributed by atoms with Crippen molar-refractivity contribution in [2.45, 2.75) is 25.4 Å². The van der Waals surface area contributed by atoms with Crippen molar-refractivity contribution in [1.82, 2.24) is 4.90 Å². The van der Waals surface area contributed by atoms with Gasteiger partial charge >= 0.3 is 6.18 Å². The zero-order chi connectivity index (χ0) is 11.8. The molecule has 0 spiro atoms. The molecule has 0 amide bonds. The molecule has 0 saturated carbocycles. The molecule has 1 unspecified atom stereocenters. The van der Waals surface area contributed by atoms with Crippen LogP contribution in [0.15, 0.2) is 23.5 Å². The van der Waals surface area contributed by atoms with Crippen molar-refractivity contribution in [2.24, 2.45) is 11.7 Å². The molecule has 2 nitrogen and oxygen atoms in total. The van der Waals surface area contributed by atoms with Crippen molar-refractivity contribution in [3.05, 3.63) is 23.5 Å². The minimum Gasteiger partial charge on any atom is -0.402 e. The quantitative estimate of drug-likeness (QED) is 0.752. The first-order chi connectivity index (χ1) is 7.48. The average molecular weight is 232 g/mol. The predicted octanol–water partition coefficient (Wildman–Crippen LogP) is 2.39. The van der Waals surface area contributed by atoms with Gasteiger partial charge in [0.15, 0.2) is 0 Å². The highest BCUT2D eigenvalue weighted by Gasteiger charge is 2.44. The zero-order valence-electron chi connectivity index (χ0n) is 8.93. The summed E-state index contributed by atoms with van der Waals surface area (Å²) in [5.74, 6) is -1.42. The Morgan fingerprint density at radius 1 is 1.19 bits per heavy atom. The zero-order valence-corrected chi connectivity index (χ0v) is 8.93. The molecule has 2 N–H and O–H groups in total. The van der Waals surface area contributed by atoms with E-state index in [9.17, 15) is 13.2 Å². The molecule has 2 rings (SSSR count). The molecule has 1 aliphatic carbocycles.